The lowest BCUT2D eigenvalue weighted by molar-refractivity contribution is -0.121. The van der Waals surface area contributed by atoms with Crippen molar-refractivity contribution in [2.75, 3.05) is 18.4 Å². The van der Waals surface area contributed by atoms with E-state index < -0.39 is 0 Å². The quantitative estimate of drug-likeness (QED) is 0.605. The lowest BCUT2D eigenvalue weighted by Crippen LogP contribution is -2.43. The predicted molar refractivity (Wildman–Crippen MR) is 116 cm³/mol. The summed E-state index contributed by atoms with van der Waals surface area (Å²) in [6.45, 7) is 2.85. The van der Waals surface area contributed by atoms with E-state index in [1.807, 2.05) is 0 Å². The minimum absolute atomic E-state index is 0.118. The highest BCUT2D eigenvalue weighted by Gasteiger charge is 2.29. The molecule has 1 fully saturated rings. The Kier molecular flexibility index (Phi) is 6.65. The van der Waals surface area contributed by atoms with Crippen LogP contribution in [0.25, 0.3) is 0 Å². The number of hydrogen-bond donors (Lipinski definition) is 1. The van der Waals surface area contributed by atoms with Crippen LogP contribution in [0.5, 0.6) is 5.75 Å². The number of rotatable bonds is 6. The zero-order valence-electron chi connectivity index (χ0n) is 17.5. The van der Waals surface area contributed by atoms with E-state index in [1.165, 1.54) is 6.20 Å². The number of piperidine rings is 1. The summed E-state index contributed by atoms with van der Waals surface area (Å²) in [5.74, 6) is 1.39. The minimum atomic E-state index is -0.300. The highest BCUT2D eigenvalue weighted by atomic mass is 35.5. The molecule has 0 aliphatic carbocycles. The third kappa shape index (κ3) is 5.42. The van der Waals surface area contributed by atoms with Crippen molar-refractivity contribution in [1.29, 1.82) is 0 Å². The van der Waals surface area contributed by atoms with Gasteiger partial charge in [-0.15, -0.1) is 0 Å². The highest BCUT2D eigenvalue weighted by molar-refractivity contribution is 6.30. The zero-order chi connectivity index (χ0) is 22.5. The first-order valence-corrected chi connectivity index (χ1v) is 10.6. The Morgan fingerprint density at radius 1 is 1.25 bits per heavy atom. The molecule has 3 heterocycles. The van der Waals surface area contributed by atoms with Gasteiger partial charge < -0.3 is 19.5 Å². The van der Waals surface area contributed by atoms with Gasteiger partial charge in [-0.2, -0.15) is 4.98 Å². The first-order chi connectivity index (χ1) is 15.5. The number of halogens is 1. The molecule has 2 amide bonds. The number of likely N-dealkylation sites (tertiary alicyclic amines) is 1. The van der Waals surface area contributed by atoms with Crippen molar-refractivity contribution in [1.82, 2.24) is 20.0 Å². The maximum Gasteiger partial charge on any atom is 0.253 e. The van der Waals surface area contributed by atoms with Crippen molar-refractivity contribution in [3.63, 3.8) is 0 Å². The van der Waals surface area contributed by atoms with Gasteiger partial charge in [0.05, 0.1) is 10.9 Å². The molecule has 1 aliphatic heterocycles. The normalized spacial score (nSPS) is 15.9. The van der Waals surface area contributed by atoms with Gasteiger partial charge in [0.15, 0.2) is 6.61 Å². The fourth-order valence-corrected chi connectivity index (χ4v) is 3.59. The van der Waals surface area contributed by atoms with E-state index in [-0.39, 0.29) is 24.3 Å². The number of aryl methyl sites for hydroxylation is 1. The molecule has 1 atom stereocenters. The zero-order valence-corrected chi connectivity index (χ0v) is 18.2. The SMILES string of the molecule is Cc1nc(COc2ccc(C(=O)N3CCCC(C(=O)Nc4ccc(Cl)cn4)C3)cc2)no1. The van der Waals surface area contributed by atoms with E-state index in [1.54, 1.807) is 48.2 Å². The lowest BCUT2D eigenvalue weighted by atomic mass is 9.96. The van der Waals surface area contributed by atoms with Gasteiger partial charge in [-0.25, -0.2) is 4.98 Å². The van der Waals surface area contributed by atoms with Gasteiger partial charge >= 0.3 is 0 Å². The van der Waals surface area contributed by atoms with Crippen LogP contribution < -0.4 is 10.1 Å². The summed E-state index contributed by atoms with van der Waals surface area (Å²) in [7, 11) is 0. The molecule has 2 aromatic heterocycles. The second-order valence-corrected chi connectivity index (χ2v) is 7.92. The number of hydrogen-bond acceptors (Lipinski definition) is 7. The maximum absolute atomic E-state index is 13.0. The molecular weight excluding hydrogens is 434 g/mol. The number of benzene rings is 1. The van der Waals surface area contributed by atoms with Crippen LogP contribution in [-0.2, 0) is 11.4 Å². The minimum Gasteiger partial charge on any atom is -0.485 e. The average Bonchev–Trinajstić information content (AvgIpc) is 3.24. The molecule has 9 nitrogen and oxygen atoms in total. The number of aromatic nitrogens is 3. The number of anilines is 1. The molecule has 0 radical (unpaired) electrons. The molecule has 4 rings (SSSR count). The Morgan fingerprint density at radius 3 is 2.75 bits per heavy atom. The van der Waals surface area contributed by atoms with Crippen molar-refractivity contribution in [3.8, 4) is 5.75 Å². The summed E-state index contributed by atoms with van der Waals surface area (Å²) in [5.41, 5.74) is 0.535. The molecule has 0 bridgehead atoms. The molecule has 166 valence electrons. The van der Waals surface area contributed by atoms with Gasteiger partial charge in [-0.3, -0.25) is 9.59 Å². The fourth-order valence-electron chi connectivity index (χ4n) is 3.48. The molecule has 32 heavy (non-hydrogen) atoms. The molecular formula is C22H22ClN5O4. The van der Waals surface area contributed by atoms with Crippen LogP contribution in [0, 0.1) is 12.8 Å². The van der Waals surface area contributed by atoms with Crippen molar-refractivity contribution in [2.45, 2.75) is 26.4 Å². The van der Waals surface area contributed by atoms with Gasteiger partial charge in [-0.1, -0.05) is 16.8 Å². The Hall–Kier alpha value is -3.46. The van der Waals surface area contributed by atoms with Crippen LogP contribution >= 0.6 is 11.6 Å². The van der Waals surface area contributed by atoms with Gasteiger partial charge in [0, 0.05) is 31.8 Å². The largest absolute Gasteiger partial charge is 0.485 e. The van der Waals surface area contributed by atoms with Crippen LogP contribution in [-0.4, -0.2) is 44.9 Å². The van der Waals surface area contributed by atoms with Gasteiger partial charge in [0.2, 0.25) is 17.6 Å². The third-order valence-electron chi connectivity index (χ3n) is 5.10. The van der Waals surface area contributed by atoms with Crippen molar-refractivity contribution >= 4 is 29.2 Å². The summed E-state index contributed by atoms with van der Waals surface area (Å²) < 4.78 is 10.5. The summed E-state index contributed by atoms with van der Waals surface area (Å²) in [6, 6.07) is 10.2. The molecule has 1 aliphatic rings. The van der Waals surface area contributed by atoms with Crippen LogP contribution in [0.4, 0.5) is 5.82 Å². The maximum atomic E-state index is 13.0. The van der Waals surface area contributed by atoms with Crippen molar-refractivity contribution in [3.05, 3.63) is 64.9 Å². The number of nitrogens with zero attached hydrogens (tertiary/aromatic N) is 4. The molecule has 1 aromatic carbocycles. The van der Waals surface area contributed by atoms with Gasteiger partial charge in [0.25, 0.3) is 5.91 Å². The highest BCUT2D eigenvalue weighted by Crippen LogP contribution is 2.22. The van der Waals surface area contributed by atoms with Crippen LogP contribution in [0.1, 0.15) is 34.9 Å². The molecule has 1 unspecified atom stereocenters. The van der Waals surface area contributed by atoms with E-state index in [9.17, 15) is 9.59 Å². The number of carbonyl (C=O) groups is 2. The number of amides is 2. The number of nitrogens with one attached hydrogen (secondary N) is 1. The van der Waals surface area contributed by atoms with Crippen LogP contribution in [0.3, 0.4) is 0 Å². The van der Waals surface area contributed by atoms with Crippen molar-refractivity contribution < 1.29 is 18.8 Å². The Labute approximate surface area is 189 Å². The fraction of sp³-hybridized carbons (Fsp3) is 0.318. The van der Waals surface area contributed by atoms with Gasteiger partial charge in [-0.05, 0) is 49.2 Å². The number of carbonyl (C=O) groups excluding carboxylic acids is 2. The molecule has 1 N–H and O–H groups in total. The molecule has 3 aromatic rings. The second kappa shape index (κ2) is 9.78. The van der Waals surface area contributed by atoms with E-state index in [0.717, 1.165) is 6.42 Å². The smallest absolute Gasteiger partial charge is 0.253 e. The van der Waals surface area contributed by atoms with Gasteiger partial charge in [0.1, 0.15) is 11.6 Å². The molecule has 0 spiro atoms. The Morgan fingerprint density at radius 2 is 2.06 bits per heavy atom. The first kappa shape index (κ1) is 21.8. The van der Waals surface area contributed by atoms with E-state index in [0.29, 0.717) is 53.4 Å². The van der Waals surface area contributed by atoms with E-state index >= 15 is 0 Å². The average molecular weight is 456 g/mol. The summed E-state index contributed by atoms with van der Waals surface area (Å²) in [4.78, 5) is 35.5. The first-order valence-electron chi connectivity index (χ1n) is 10.2. The third-order valence-corrected chi connectivity index (χ3v) is 5.32. The summed E-state index contributed by atoms with van der Waals surface area (Å²) >= 11 is 5.83. The van der Waals surface area contributed by atoms with Crippen LogP contribution in [0.15, 0.2) is 47.1 Å². The van der Waals surface area contributed by atoms with Crippen LogP contribution in [0.2, 0.25) is 5.02 Å². The number of pyridine rings is 1. The topological polar surface area (TPSA) is 110 Å². The van der Waals surface area contributed by atoms with Crippen molar-refractivity contribution in [2.24, 2.45) is 5.92 Å². The standard InChI is InChI=1S/C22H22ClN5O4/c1-14-25-20(27-32-14)13-31-18-7-4-15(5-8-18)22(30)28-10-2-3-16(12-28)21(29)26-19-9-6-17(23)11-24-19/h4-9,11,16H,2-3,10,12-13H2,1H3,(H,24,26,29). The second-order valence-electron chi connectivity index (χ2n) is 7.48. The predicted octanol–water partition coefficient (Wildman–Crippen LogP) is 3.50. The monoisotopic (exact) mass is 455 g/mol. The molecule has 0 saturated carbocycles. The van der Waals surface area contributed by atoms with E-state index in [4.69, 9.17) is 20.9 Å². The summed E-state index contributed by atoms with van der Waals surface area (Å²) in [5, 5.41) is 7.07. The summed E-state index contributed by atoms with van der Waals surface area (Å²) in [6.07, 6.45) is 2.94. The number of ether oxygens (including phenoxy) is 1. The molecule has 10 heteroatoms. The lowest BCUT2D eigenvalue weighted by Gasteiger charge is -2.32. The van der Waals surface area contributed by atoms with E-state index in [2.05, 4.69) is 20.4 Å². The Bertz CT molecular complexity index is 1080. The Balaban J connectivity index is 1.33. The molecule has 1 saturated heterocycles.